The number of hydrogen-bond donors (Lipinski definition) is 3. The lowest BCUT2D eigenvalue weighted by molar-refractivity contribution is -0.137. The lowest BCUT2D eigenvalue weighted by Gasteiger charge is -2.16. The van der Waals surface area contributed by atoms with Crippen molar-refractivity contribution in [3.05, 3.63) is 41.5 Å². The molecule has 1 aromatic carbocycles. The Kier molecular flexibility index (Phi) is 5.61. The number of alkyl halides is 3. The molecule has 1 heterocycles. The standard InChI is InChI=1S/C16H15F3N2O5S2/c1-15(2,24)14(23)21-13-10(12(20)22)7-11(27-13)28(25,26)9-5-3-8(4-6-9)16(17,18)19/h3-7,24H,1-2H3,(H2,20,22)(H,21,23). The van der Waals surface area contributed by atoms with Crippen LogP contribution in [-0.4, -0.2) is 30.9 Å². The smallest absolute Gasteiger partial charge is 0.381 e. The fourth-order valence-corrected chi connectivity index (χ4v) is 4.74. The van der Waals surface area contributed by atoms with Crippen molar-refractivity contribution >= 4 is 38.0 Å². The molecule has 0 aliphatic carbocycles. The average molecular weight is 436 g/mol. The molecule has 0 fully saturated rings. The zero-order chi connectivity index (χ0) is 21.5. The van der Waals surface area contributed by atoms with Gasteiger partial charge in [-0.25, -0.2) is 8.42 Å². The number of halogens is 3. The van der Waals surface area contributed by atoms with Gasteiger partial charge in [0.25, 0.3) is 11.8 Å². The highest BCUT2D eigenvalue weighted by atomic mass is 32.2. The van der Waals surface area contributed by atoms with E-state index in [-0.39, 0.29) is 10.6 Å². The van der Waals surface area contributed by atoms with Crippen LogP contribution in [0.4, 0.5) is 18.2 Å². The van der Waals surface area contributed by atoms with Gasteiger partial charge in [-0.3, -0.25) is 9.59 Å². The first-order valence-electron chi connectivity index (χ1n) is 7.54. The van der Waals surface area contributed by atoms with Crippen LogP contribution in [-0.2, 0) is 20.8 Å². The van der Waals surface area contributed by atoms with Gasteiger partial charge in [0, 0.05) is 0 Å². The number of aliphatic hydroxyl groups is 1. The quantitative estimate of drug-likeness (QED) is 0.664. The third kappa shape index (κ3) is 4.51. The van der Waals surface area contributed by atoms with Gasteiger partial charge in [0.05, 0.1) is 16.0 Å². The van der Waals surface area contributed by atoms with Crippen LogP contribution < -0.4 is 11.1 Å². The first kappa shape index (κ1) is 21.9. The summed E-state index contributed by atoms with van der Waals surface area (Å²) in [4.78, 5) is 23.1. The molecule has 12 heteroatoms. The number of rotatable bonds is 5. The van der Waals surface area contributed by atoms with Crippen LogP contribution >= 0.6 is 11.3 Å². The molecule has 0 unspecified atom stereocenters. The maximum Gasteiger partial charge on any atom is 0.416 e. The highest BCUT2D eigenvalue weighted by Crippen LogP contribution is 2.36. The fourth-order valence-electron chi connectivity index (χ4n) is 1.97. The molecule has 0 saturated heterocycles. The topological polar surface area (TPSA) is 127 Å². The van der Waals surface area contributed by atoms with Crippen LogP contribution in [0.25, 0.3) is 0 Å². The highest BCUT2D eigenvalue weighted by molar-refractivity contribution is 7.93. The number of amides is 2. The van der Waals surface area contributed by atoms with Gasteiger partial charge in [-0.05, 0) is 44.2 Å². The highest BCUT2D eigenvalue weighted by Gasteiger charge is 2.32. The van der Waals surface area contributed by atoms with Crippen LogP contribution in [0.5, 0.6) is 0 Å². The zero-order valence-corrected chi connectivity index (χ0v) is 16.1. The van der Waals surface area contributed by atoms with Crippen molar-refractivity contribution in [2.75, 3.05) is 5.32 Å². The van der Waals surface area contributed by atoms with Crippen molar-refractivity contribution in [1.29, 1.82) is 0 Å². The summed E-state index contributed by atoms with van der Waals surface area (Å²) >= 11 is 0.490. The number of sulfone groups is 1. The third-order valence-corrected chi connectivity index (χ3v) is 6.81. The maximum atomic E-state index is 12.7. The van der Waals surface area contributed by atoms with Crippen molar-refractivity contribution in [3.8, 4) is 0 Å². The molecule has 0 radical (unpaired) electrons. The summed E-state index contributed by atoms with van der Waals surface area (Å²) in [5.41, 5.74) is 2.05. The summed E-state index contributed by atoms with van der Waals surface area (Å²) in [6, 6.07) is 3.73. The monoisotopic (exact) mass is 436 g/mol. The van der Waals surface area contributed by atoms with Crippen molar-refractivity contribution in [2.24, 2.45) is 5.73 Å². The van der Waals surface area contributed by atoms with E-state index >= 15 is 0 Å². The molecule has 1 aromatic heterocycles. The van der Waals surface area contributed by atoms with Crippen molar-refractivity contribution in [2.45, 2.75) is 34.7 Å². The zero-order valence-electron chi connectivity index (χ0n) is 14.5. The predicted octanol–water partition coefficient (Wildman–Crippen LogP) is 2.41. The van der Waals surface area contributed by atoms with Gasteiger partial charge in [0.1, 0.15) is 14.8 Å². The van der Waals surface area contributed by atoms with Crippen molar-refractivity contribution < 1.29 is 36.3 Å². The molecule has 2 rings (SSSR count). The van der Waals surface area contributed by atoms with Gasteiger partial charge in [-0.2, -0.15) is 13.2 Å². The Labute approximate surface area is 161 Å². The first-order valence-corrected chi connectivity index (χ1v) is 9.84. The van der Waals surface area contributed by atoms with Gasteiger partial charge >= 0.3 is 6.18 Å². The minimum atomic E-state index is -4.63. The molecule has 7 nitrogen and oxygen atoms in total. The summed E-state index contributed by atoms with van der Waals surface area (Å²) in [6.07, 6.45) is -4.63. The number of thiophene rings is 1. The number of benzene rings is 1. The van der Waals surface area contributed by atoms with Crippen LogP contribution in [0.2, 0.25) is 0 Å². The predicted molar refractivity (Wildman–Crippen MR) is 94.7 cm³/mol. The normalized spacial score (nSPS) is 12.6. The number of nitrogens with two attached hydrogens (primary N) is 1. The number of anilines is 1. The van der Waals surface area contributed by atoms with E-state index in [0.29, 0.717) is 23.5 Å². The molecule has 2 aromatic rings. The van der Waals surface area contributed by atoms with Crippen LogP contribution in [0, 0.1) is 0 Å². The molecule has 28 heavy (non-hydrogen) atoms. The van der Waals surface area contributed by atoms with Gasteiger partial charge in [-0.1, -0.05) is 0 Å². The van der Waals surface area contributed by atoms with Crippen LogP contribution in [0.1, 0.15) is 29.8 Å². The molecule has 152 valence electrons. The van der Waals surface area contributed by atoms with E-state index in [2.05, 4.69) is 5.32 Å². The lowest BCUT2D eigenvalue weighted by Crippen LogP contribution is -2.36. The maximum absolute atomic E-state index is 12.7. The van der Waals surface area contributed by atoms with Crippen LogP contribution in [0.15, 0.2) is 39.4 Å². The second-order valence-electron chi connectivity index (χ2n) is 6.21. The number of carbonyl (C=O) groups excluding carboxylic acids is 2. The lowest BCUT2D eigenvalue weighted by atomic mass is 10.1. The fraction of sp³-hybridized carbons (Fsp3) is 0.250. The van der Waals surface area contributed by atoms with E-state index < -0.39 is 48.1 Å². The summed E-state index contributed by atoms with van der Waals surface area (Å²) in [5, 5.41) is 11.7. The molecule has 0 atom stereocenters. The molecule has 0 bridgehead atoms. The van der Waals surface area contributed by atoms with Gasteiger partial charge < -0.3 is 16.2 Å². The van der Waals surface area contributed by atoms with E-state index in [4.69, 9.17) is 5.73 Å². The van der Waals surface area contributed by atoms with Crippen LogP contribution in [0.3, 0.4) is 0 Å². The summed E-state index contributed by atoms with van der Waals surface area (Å²) in [7, 11) is -4.28. The minimum Gasteiger partial charge on any atom is -0.381 e. The van der Waals surface area contributed by atoms with E-state index in [9.17, 15) is 36.3 Å². The van der Waals surface area contributed by atoms with Gasteiger partial charge in [0.2, 0.25) is 9.84 Å². The molecule has 2 amide bonds. The van der Waals surface area contributed by atoms with Gasteiger partial charge in [0.15, 0.2) is 0 Å². The summed E-state index contributed by atoms with van der Waals surface area (Å²) < 4.78 is 62.9. The number of hydrogen-bond acceptors (Lipinski definition) is 6. The van der Waals surface area contributed by atoms with Crippen molar-refractivity contribution in [1.82, 2.24) is 0 Å². The molecule has 0 spiro atoms. The Balaban J connectivity index is 2.47. The Hall–Kier alpha value is -2.44. The Bertz CT molecular complexity index is 1020. The third-order valence-electron chi connectivity index (χ3n) is 3.51. The molecular weight excluding hydrogens is 421 g/mol. The SMILES string of the molecule is CC(C)(O)C(=O)Nc1sc(S(=O)(=O)c2ccc(C(F)(F)F)cc2)cc1C(N)=O. The number of carbonyl (C=O) groups is 2. The minimum absolute atomic E-state index is 0.204. The average Bonchev–Trinajstić information content (AvgIpc) is 2.98. The molecule has 0 saturated carbocycles. The Morgan fingerprint density at radius 2 is 1.68 bits per heavy atom. The number of nitrogens with one attached hydrogen (secondary N) is 1. The largest absolute Gasteiger partial charge is 0.416 e. The Morgan fingerprint density at radius 1 is 1.14 bits per heavy atom. The second kappa shape index (κ2) is 7.18. The van der Waals surface area contributed by atoms with E-state index in [1.165, 1.54) is 13.8 Å². The summed E-state index contributed by atoms with van der Waals surface area (Å²) in [5.74, 6) is -1.94. The Morgan fingerprint density at radius 3 is 2.11 bits per heavy atom. The molecular formula is C16H15F3N2O5S2. The molecule has 4 N–H and O–H groups in total. The van der Waals surface area contributed by atoms with E-state index in [1.54, 1.807) is 0 Å². The molecule has 0 aliphatic heterocycles. The van der Waals surface area contributed by atoms with E-state index in [1.807, 2.05) is 0 Å². The van der Waals surface area contributed by atoms with Crippen molar-refractivity contribution in [3.63, 3.8) is 0 Å². The van der Waals surface area contributed by atoms with Gasteiger partial charge in [-0.15, -0.1) is 11.3 Å². The molecule has 0 aliphatic rings. The first-order chi connectivity index (χ1) is 12.6. The number of primary amides is 1. The second-order valence-corrected chi connectivity index (χ2v) is 9.44. The van der Waals surface area contributed by atoms with E-state index in [0.717, 1.165) is 18.2 Å². The summed E-state index contributed by atoms with van der Waals surface area (Å²) in [6.45, 7) is 2.36.